The summed E-state index contributed by atoms with van der Waals surface area (Å²) in [7, 11) is 0. The van der Waals surface area contributed by atoms with Crippen LogP contribution in [-0.4, -0.2) is 11.7 Å². The number of benzene rings is 2. The predicted molar refractivity (Wildman–Crippen MR) is 91.8 cm³/mol. The Morgan fingerprint density at radius 2 is 1.76 bits per heavy atom. The zero-order valence-corrected chi connectivity index (χ0v) is 13.3. The molecule has 0 heterocycles. The van der Waals surface area contributed by atoms with Crippen molar-refractivity contribution in [1.29, 1.82) is 0 Å². The Balaban J connectivity index is 1.81. The number of hydrogen-bond acceptors (Lipinski definition) is 2. The lowest BCUT2D eigenvalue weighted by molar-refractivity contribution is -0.113. The maximum Gasteiger partial charge on any atom is 0.234 e. The van der Waals surface area contributed by atoms with Crippen molar-refractivity contribution in [2.45, 2.75) is 25.5 Å². The van der Waals surface area contributed by atoms with E-state index in [0.29, 0.717) is 11.0 Å². The highest BCUT2D eigenvalue weighted by molar-refractivity contribution is 8.00. The Morgan fingerprint density at radius 1 is 1.10 bits per heavy atom. The Morgan fingerprint density at radius 3 is 2.38 bits per heavy atom. The lowest BCUT2D eigenvalue weighted by Gasteiger charge is -2.11. The molecule has 21 heavy (non-hydrogen) atoms. The van der Waals surface area contributed by atoms with Crippen LogP contribution < -0.4 is 5.32 Å². The third kappa shape index (κ3) is 4.94. The molecule has 110 valence electrons. The third-order valence-corrected chi connectivity index (χ3v) is 4.58. The number of carbonyl (C=O) groups is 1. The van der Waals surface area contributed by atoms with Gasteiger partial charge in [-0.3, -0.25) is 4.79 Å². The van der Waals surface area contributed by atoms with Gasteiger partial charge in [-0.05, 0) is 36.6 Å². The molecule has 0 spiro atoms. The molecular weight excluding hydrogens is 278 g/mol. The van der Waals surface area contributed by atoms with Gasteiger partial charge in [-0.15, -0.1) is 11.8 Å². The van der Waals surface area contributed by atoms with Crippen molar-refractivity contribution >= 4 is 23.4 Å². The molecule has 2 aromatic rings. The molecule has 0 bridgehead atoms. The van der Waals surface area contributed by atoms with Crippen molar-refractivity contribution in [3.05, 3.63) is 65.7 Å². The highest BCUT2D eigenvalue weighted by Gasteiger charge is 2.09. The monoisotopic (exact) mass is 299 g/mol. The first-order valence-corrected chi connectivity index (χ1v) is 8.29. The number of amides is 1. The summed E-state index contributed by atoms with van der Waals surface area (Å²) in [5, 5.41) is 3.26. The Hall–Kier alpha value is -1.74. The SMILES string of the molecule is CCc1ccc(NC(=O)CS[C@@H](C)c2ccccc2)cc1. The molecule has 0 saturated heterocycles. The van der Waals surface area contributed by atoms with Gasteiger partial charge in [0.1, 0.15) is 0 Å². The van der Waals surface area contributed by atoms with Crippen molar-refractivity contribution in [3.63, 3.8) is 0 Å². The largest absolute Gasteiger partial charge is 0.325 e. The highest BCUT2D eigenvalue weighted by atomic mass is 32.2. The number of hydrogen-bond donors (Lipinski definition) is 1. The van der Waals surface area contributed by atoms with Crippen LogP contribution in [0.5, 0.6) is 0 Å². The second-order valence-electron chi connectivity index (χ2n) is 4.96. The lowest BCUT2D eigenvalue weighted by atomic mass is 10.1. The van der Waals surface area contributed by atoms with Crippen LogP contribution in [0.1, 0.15) is 30.2 Å². The summed E-state index contributed by atoms with van der Waals surface area (Å²) in [6, 6.07) is 18.3. The molecule has 0 aliphatic carbocycles. The van der Waals surface area contributed by atoms with E-state index >= 15 is 0 Å². The number of rotatable bonds is 6. The lowest BCUT2D eigenvalue weighted by Crippen LogP contribution is -2.14. The first kappa shape index (κ1) is 15.6. The van der Waals surface area contributed by atoms with Crippen LogP contribution >= 0.6 is 11.8 Å². The molecule has 1 N–H and O–H groups in total. The van der Waals surface area contributed by atoms with Gasteiger partial charge in [-0.25, -0.2) is 0 Å². The van der Waals surface area contributed by atoms with Gasteiger partial charge in [0, 0.05) is 10.9 Å². The van der Waals surface area contributed by atoms with Gasteiger partial charge in [-0.2, -0.15) is 0 Å². The molecule has 1 atom stereocenters. The second-order valence-corrected chi connectivity index (χ2v) is 6.29. The van der Waals surface area contributed by atoms with Crippen LogP contribution in [0.4, 0.5) is 5.69 Å². The van der Waals surface area contributed by atoms with Gasteiger partial charge in [-0.1, -0.05) is 49.4 Å². The molecule has 0 aliphatic heterocycles. The standard InChI is InChI=1S/C18H21NOS/c1-3-15-9-11-17(12-10-15)19-18(20)13-21-14(2)16-7-5-4-6-8-16/h4-12,14H,3,13H2,1-2H3,(H,19,20)/t14-/m0/s1. The smallest absolute Gasteiger partial charge is 0.234 e. The number of carbonyl (C=O) groups excluding carboxylic acids is 1. The summed E-state index contributed by atoms with van der Waals surface area (Å²) in [5.41, 5.74) is 3.40. The van der Waals surface area contributed by atoms with Gasteiger partial charge < -0.3 is 5.32 Å². The normalized spacial score (nSPS) is 11.9. The summed E-state index contributed by atoms with van der Waals surface area (Å²) < 4.78 is 0. The molecule has 0 aromatic heterocycles. The molecule has 0 unspecified atom stereocenters. The Labute approximate surface area is 131 Å². The van der Waals surface area contributed by atoms with Crippen molar-refractivity contribution in [2.75, 3.05) is 11.1 Å². The van der Waals surface area contributed by atoms with E-state index in [1.165, 1.54) is 11.1 Å². The fourth-order valence-electron chi connectivity index (χ4n) is 2.04. The molecule has 2 rings (SSSR count). The molecule has 2 nitrogen and oxygen atoms in total. The van der Waals surface area contributed by atoms with Crippen LogP contribution in [0, 0.1) is 0 Å². The molecule has 0 aliphatic rings. The minimum Gasteiger partial charge on any atom is -0.325 e. The quantitative estimate of drug-likeness (QED) is 0.839. The summed E-state index contributed by atoms with van der Waals surface area (Å²) >= 11 is 1.65. The molecule has 2 aromatic carbocycles. The first-order valence-electron chi connectivity index (χ1n) is 7.24. The van der Waals surface area contributed by atoms with Crippen molar-refractivity contribution in [2.24, 2.45) is 0 Å². The average Bonchev–Trinajstić information content (AvgIpc) is 2.54. The number of nitrogens with one attached hydrogen (secondary N) is 1. The van der Waals surface area contributed by atoms with E-state index in [1.54, 1.807) is 11.8 Å². The van der Waals surface area contributed by atoms with Gasteiger partial charge >= 0.3 is 0 Å². The van der Waals surface area contributed by atoms with E-state index in [1.807, 2.05) is 30.3 Å². The highest BCUT2D eigenvalue weighted by Crippen LogP contribution is 2.27. The van der Waals surface area contributed by atoms with E-state index in [0.717, 1.165) is 12.1 Å². The predicted octanol–water partition coefficient (Wildman–Crippen LogP) is 4.68. The maximum atomic E-state index is 12.0. The third-order valence-electron chi connectivity index (χ3n) is 3.38. The van der Waals surface area contributed by atoms with E-state index in [2.05, 4.69) is 43.4 Å². The maximum absolute atomic E-state index is 12.0. The van der Waals surface area contributed by atoms with Gasteiger partial charge in [0.15, 0.2) is 0 Å². The summed E-state index contributed by atoms with van der Waals surface area (Å²) in [5.74, 6) is 0.512. The van der Waals surface area contributed by atoms with Crippen molar-refractivity contribution in [3.8, 4) is 0 Å². The van der Waals surface area contributed by atoms with Gasteiger partial charge in [0.25, 0.3) is 0 Å². The van der Waals surface area contributed by atoms with Crippen LogP contribution in [0.3, 0.4) is 0 Å². The molecule has 0 saturated carbocycles. The minimum atomic E-state index is 0.0482. The number of aryl methyl sites for hydroxylation is 1. The number of thioether (sulfide) groups is 1. The summed E-state index contributed by atoms with van der Waals surface area (Å²) in [6.07, 6.45) is 1.01. The van der Waals surface area contributed by atoms with E-state index < -0.39 is 0 Å². The minimum absolute atomic E-state index is 0.0482. The fraction of sp³-hybridized carbons (Fsp3) is 0.278. The molecule has 0 fully saturated rings. The van der Waals surface area contributed by atoms with Crippen LogP contribution in [0.2, 0.25) is 0 Å². The van der Waals surface area contributed by atoms with E-state index in [4.69, 9.17) is 0 Å². The van der Waals surface area contributed by atoms with Gasteiger partial charge in [0.05, 0.1) is 5.75 Å². The molecule has 1 amide bonds. The fourth-order valence-corrected chi connectivity index (χ4v) is 2.86. The second kappa shape index (κ2) is 7.89. The van der Waals surface area contributed by atoms with Gasteiger partial charge in [0.2, 0.25) is 5.91 Å². The van der Waals surface area contributed by atoms with E-state index in [9.17, 15) is 4.79 Å². The zero-order valence-electron chi connectivity index (χ0n) is 12.5. The Kier molecular flexibility index (Phi) is 5.88. The zero-order chi connectivity index (χ0) is 15.1. The van der Waals surface area contributed by atoms with Crippen molar-refractivity contribution < 1.29 is 4.79 Å². The van der Waals surface area contributed by atoms with Crippen LogP contribution in [0.15, 0.2) is 54.6 Å². The summed E-state index contributed by atoms with van der Waals surface area (Å²) in [6.45, 7) is 4.25. The first-order chi connectivity index (χ1) is 10.2. The van der Waals surface area contributed by atoms with E-state index in [-0.39, 0.29) is 5.91 Å². The van der Waals surface area contributed by atoms with Crippen molar-refractivity contribution in [1.82, 2.24) is 0 Å². The topological polar surface area (TPSA) is 29.1 Å². The van der Waals surface area contributed by atoms with Crippen LogP contribution in [0.25, 0.3) is 0 Å². The summed E-state index contributed by atoms with van der Waals surface area (Å²) in [4.78, 5) is 12.0. The average molecular weight is 299 g/mol. The molecule has 0 radical (unpaired) electrons. The number of anilines is 1. The van der Waals surface area contributed by atoms with Crippen LogP contribution in [-0.2, 0) is 11.2 Å². The molecular formula is C18H21NOS. The Bertz CT molecular complexity index is 566. The molecule has 3 heteroatoms.